The molecule has 0 spiro atoms. The number of ether oxygens (including phenoxy) is 1. The zero-order valence-corrected chi connectivity index (χ0v) is 13.9. The molecular formula is C17H33N3O. The molecule has 0 amide bonds. The Morgan fingerprint density at radius 1 is 1.19 bits per heavy atom. The molecule has 0 aromatic rings. The van der Waals surface area contributed by atoms with Gasteiger partial charge in [0, 0.05) is 44.9 Å². The molecule has 122 valence electrons. The third-order valence-corrected chi connectivity index (χ3v) is 5.62. The fourth-order valence-corrected chi connectivity index (χ4v) is 3.93. The summed E-state index contributed by atoms with van der Waals surface area (Å²) in [7, 11) is 2.26. The van der Waals surface area contributed by atoms with Crippen LogP contribution >= 0.6 is 0 Å². The Hall–Kier alpha value is -0.160. The van der Waals surface area contributed by atoms with Crippen LogP contribution in [0.15, 0.2) is 0 Å². The normalized spacial score (nSPS) is 32.0. The first-order chi connectivity index (χ1) is 10.2. The molecule has 4 nitrogen and oxygen atoms in total. The molecule has 2 heterocycles. The zero-order valence-electron chi connectivity index (χ0n) is 13.9. The monoisotopic (exact) mass is 295 g/mol. The zero-order chi connectivity index (χ0) is 14.7. The van der Waals surface area contributed by atoms with Crippen LogP contribution in [0.2, 0.25) is 0 Å². The maximum absolute atomic E-state index is 5.65. The maximum Gasteiger partial charge on any atom is 0.0472 e. The number of hydrogen-bond donors (Lipinski definition) is 1. The SMILES string of the molecule is CC1CN(C)CCCN1CC1(CNC2CC2)CCOCC1. The summed E-state index contributed by atoms with van der Waals surface area (Å²) in [6, 6.07) is 1.50. The fraction of sp³-hybridized carbons (Fsp3) is 1.00. The Morgan fingerprint density at radius 2 is 1.95 bits per heavy atom. The first-order valence-corrected chi connectivity index (χ1v) is 8.91. The largest absolute Gasteiger partial charge is 0.381 e. The van der Waals surface area contributed by atoms with Crippen LogP contribution in [0.25, 0.3) is 0 Å². The van der Waals surface area contributed by atoms with Gasteiger partial charge in [-0.2, -0.15) is 0 Å². The summed E-state index contributed by atoms with van der Waals surface area (Å²) in [5.74, 6) is 0. The lowest BCUT2D eigenvalue weighted by Crippen LogP contribution is -2.50. The van der Waals surface area contributed by atoms with Gasteiger partial charge in [-0.3, -0.25) is 4.90 Å². The van der Waals surface area contributed by atoms with Crippen LogP contribution in [0, 0.1) is 5.41 Å². The van der Waals surface area contributed by atoms with Crippen LogP contribution in [0.1, 0.15) is 39.0 Å². The lowest BCUT2D eigenvalue weighted by molar-refractivity contribution is -0.0103. The van der Waals surface area contributed by atoms with E-state index in [-0.39, 0.29) is 0 Å². The number of nitrogens with one attached hydrogen (secondary N) is 1. The Morgan fingerprint density at radius 3 is 2.67 bits per heavy atom. The molecule has 0 radical (unpaired) electrons. The van der Waals surface area contributed by atoms with Crippen LogP contribution in [-0.2, 0) is 4.74 Å². The van der Waals surface area contributed by atoms with E-state index in [1.807, 2.05) is 0 Å². The highest BCUT2D eigenvalue weighted by atomic mass is 16.5. The first kappa shape index (κ1) is 15.7. The van der Waals surface area contributed by atoms with Gasteiger partial charge in [-0.25, -0.2) is 0 Å². The van der Waals surface area contributed by atoms with Gasteiger partial charge in [0.15, 0.2) is 0 Å². The summed E-state index contributed by atoms with van der Waals surface area (Å²) in [6.07, 6.45) is 6.54. The minimum absolute atomic E-state index is 0.442. The number of rotatable bonds is 5. The summed E-state index contributed by atoms with van der Waals surface area (Å²) < 4.78 is 5.65. The van der Waals surface area contributed by atoms with Crippen LogP contribution in [0.3, 0.4) is 0 Å². The van der Waals surface area contributed by atoms with Crippen molar-refractivity contribution in [2.24, 2.45) is 5.41 Å². The highest BCUT2D eigenvalue weighted by Gasteiger charge is 2.37. The molecule has 2 aliphatic heterocycles. The average Bonchev–Trinajstić information content (AvgIpc) is 3.29. The van der Waals surface area contributed by atoms with Crippen molar-refractivity contribution in [3.8, 4) is 0 Å². The molecule has 1 unspecified atom stereocenters. The van der Waals surface area contributed by atoms with E-state index in [1.165, 1.54) is 64.8 Å². The van der Waals surface area contributed by atoms with Crippen molar-refractivity contribution in [2.75, 3.05) is 53.0 Å². The van der Waals surface area contributed by atoms with Gasteiger partial charge in [0.05, 0.1) is 0 Å². The second-order valence-corrected chi connectivity index (χ2v) is 7.70. The molecular weight excluding hydrogens is 262 g/mol. The Bertz CT molecular complexity index is 326. The average molecular weight is 295 g/mol. The van der Waals surface area contributed by atoms with Crippen molar-refractivity contribution >= 4 is 0 Å². The van der Waals surface area contributed by atoms with Crippen LogP contribution in [0.5, 0.6) is 0 Å². The topological polar surface area (TPSA) is 27.7 Å². The van der Waals surface area contributed by atoms with E-state index in [0.717, 1.165) is 19.3 Å². The maximum atomic E-state index is 5.65. The molecule has 2 saturated heterocycles. The molecule has 3 rings (SSSR count). The van der Waals surface area contributed by atoms with Crippen molar-refractivity contribution < 1.29 is 4.74 Å². The van der Waals surface area contributed by atoms with E-state index in [1.54, 1.807) is 0 Å². The van der Waals surface area contributed by atoms with E-state index < -0.39 is 0 Å². The highest BCUT2D eigenvalue weighted by molar-refractivity contribution is 4.92. The number of nitrogens with zero attached hydrogens (tertiary/aromatic N) is 2. The van der Waals surface area contributed by atoms with Gasteiger partial charge < -0.3 is 15.0 Å². The molecule has 21 heavy (non-hydrogen) atoms. The van der Waals surface area contributed by atoms with Gasteiger partial charge in [0.25, 0.3) is 0 Å². The van der Waals surface area contributed by atoms with Gasteiger partial charge in [0.2, 0.25) is 0 Å². The van der Waals surface area contributed by atoms with Gasteiger partial charge in [0.1, 0.15) is 0 Å². The highest BCUT2D eigenvalue weighted by Crippen LogP contribution is 2.33. The summed E-state index contributed by atoms with van der Waals surface area (Å²) in [6.45, 7) is 10.5. The fourth-order valence-electron chi connectivity index (χ4n) is 3.93. The lowest BCUT2D eigenvalue weighted by Gasteiger charge is -2.43. The molecule has 1 atom stereocenters. The van der Waals surface area contributed by atoms with E-state index >= 15 is 0 Å². The molecule has 3 fully saturated rings. The van der Waals surface area contributed by atoms with Crippen molar-refractivity contribution in [2.45, 2.75) is 51.1 Å². The van der Waals surface area contributed by atoms with Gasteiger partial charge >= 0.3 is 0 Å². The third-order valence-electron chi connectivity index (χ3n) is 5.62. The van der Waals surface area contributed by atoms with Crippen LogP contribution in [-0.4, -0.2) is 74.9 Å². The number of hydrogen-bond acceptors (Lipinski definition) is 4. The molecule has 3 aliphatic rings. The van der Waals surface area contributed by atoms with Crippen molar-refractivity contribution in [1.29, 1.82) is 0 Å². The summed E-state index contributed by atoms with van der Waals surface area (Å²) in [5.41, 5.74) is 0.442. The molecule has 1 aliphatic carbocycles. The second kappa shape index (κ2) is 6.95. The minimum Gasteiger partial charge on any atom is -0.381 e. The molecule has 0 bridgehead atoms. The molecule has 0 aromatic heterocycles. The second-order valence-electron chi connectivity index (χ2n) is 7.70. The summed E-state index contributed by atoms with van der Waals surface area (Å²) in [4.78, 5) is 5.24. The van der Waals surface area contributed by atoms with Gasteiger partial charge in [-0.05, 0) is 64.6 Å². The van der Waals surface area contributed by atoms with Gasteiger partial charge in [-0.1, -0.05) is 0 Å². The Kier molecular flexibility index (Phi) is 5.20. The van der Waals surface area contributed by atoms with E-state index in [2.05, 4.69) is 29.1 Å². The first-order valence-electron chi connectivity index (χ1n) is 8.91. The van der Waals surface area contributed by atoms with Crippen molar-refractivity contribution in [3.63, 3.8) is 0 Å². The molecule has 1 saturated carbocycles. The molecule has 0 aromatic carbocycles. The Balaban J connectivity index is 1.61. The number of likely N-dealkylation sites (N-methyl/N-ethyl adjacent to an activating group) is 1. The summed E-state index contributed by atoms with van der Waals surface area (Å²) >= 11 is 0. The van der Waals surface area contributed by atoms with E-state index in [9.17, 15) is 0 Å². The van der Waals surface area contributed by atoms with Crippen molar-refractivity contribution in [3.05, 3.63) is 0 Å². The minimum atomic E-state index is 0.442. The predicted molar refractivity (Wildman–Crippen MR) is 86.7 cm³/mol. The summed E-state index contributed by atoms with van der Waals surface area (Å²) in [5, 5.41) is 3.80. The van der Waals surface area contributed by atoms with Crippen LogP contribution in [0.4, 0.5) is 0 Å². The quantitative estimate of drug-likeness (QED) is 0.833. The third kappa shape index (κ3) is 4.41. The molecule has 4 heteroatoms. The molecule has 1 N–H and O–H groups in total. The van der Waals surface area contributed by atoms with Crippen LogP contribution < -0.4 is 5.32 Å². The smallest absolute Gasteiger partial charge is 0.0472 e. The Labute approximate surface area is 130 Å². The predicted octanol–water partition coefficient (Wildman–Crippen LogP) is 1.56. The van der Waals surface area contributed by atoms with E-state index in [0.29, 0.717) is 11.5 Å². The van der Waals surface area contributed by atoms with E-state index in [4.69, 9.17) is 4.74 Å². The standard InChI is InChI=1S/C17H33N3O/c1-15-12-19(2)8-3-9-20(15)14-17(6-10-21-11-7-17)13-18-16-4-5-16/h15-16,18H,3-14H2,1-2H3. The van der Waals surface area contributed by atoms with Crippen molar-refractivity contribution in [1.82, 2.24) is 15.1 Å². The van der Waals surface area contributed by atoms with Gasteiger partial charge in [-0.15, -0.1) is 0 Å². The lowest BCUT2D eigenvalue weighted by atomic mass is 9.79.